The largest absolute Gasteiger partial charge is 0.324 e. The lowest BCUT2D eigenvalue weighted by molar-refractivity contribution is 0.212. The van der Waals surface area contributed by atoms with E-state index in [-0.39, 0.29) is 17.9 Å². The van der Waals surface area contributed by atoms with Crippen LogP contribution in [-0.2, 0) is 17.2 Å². The molecule has 0 radical (unpaired) electrons. The minimum Gasteiger partial charge on any atom is -0.324 e. The third-order valence-corrected chi connectivity index (χ3v) is 4.09. The lowest BCUT2D eigenvalue weighted by Gasteiger charge is -2.24. The molecule has 1 N–H and O–H groups in total. The van der Waals surface area contributed by atoms with Crippen LogP contribution in [0, 0.1) is 5.82 Å². The van der Waals surface area contributed by atoms with E-state index in [1.807, 2.05) is 13.8 Å². The molecular weight excluding hydrogens is 279 g/mol. The second-order valence-electron chi connectivity index (χ2n) is 4.79. The topological polar surface area (TPSA) is 49.4 Å². The van der Waals surface area contributed by atoms with E-state index < -0.39 is 10.8 Å². The molecule has 0 aliphatic heterocycles. The molecule has 0 saturated carbocycles. The van der Waals surface area contributed by atoms with Gasteiger partial charge in [0.05, 0.1) is 0 Å². The number of aryl methyl sites for hydroxylation is 1. The van der Waals surface area contributed by atoms with Crippen molar-refractivity contribution in [3.63, 3.8) is 0 Å². The van der Waals surface area contributed by atoms with E-state index in [1.54, 1.807) is 25.4 Å². The fraction of sp³-hybridized carbons (Fsp3) is 0.500. The van der Waals surface area contributed by atoms with E-state index >= 15 is 0 Å². The molecular formula is C14H21FN2O2S. The highest BCUT2D eigenvalue weighted by atomic mass is 32.2. The van der Waals surface area contributed by atoms with Gasteiger partial charge >= 0.3 is 6.03 Å². The number of nitrogens with one attached hydrogen (secondary N) is 1. The molecule has 1 aromatic rings. The van der Waals surface area contributed by atoms with Crippen LogP contribution in [0.4, 0.5) is 14.9 Å². The minimum absolute atomic E-state index is 0.152. The van der Waals surface area contributed by atoms with Crippen molar-refractivity contribution < 1.29 is 13.4 Å². The molecule has 1 aromatic carbocycles. The average molecular weight is 300 g/mol. The van der Waals surface area contributed by atoms with E-state index in [1.165, 1.54) is 11.0 Å². The van der Waals surface area contributed by atoms with E-state index in [0.29, 0.717) is 23.4 Å². The van der Waals surface area contributed by atoms with Crippen LogP contribution in [0.3, 0.4) is 0 Å². The van der Waals surface area contributed by atoms with Gasteiger partial charge in [-0.15, -0.1) is 0 Å². The molecule has 0 bridgehead atoms. The Hall–Kier alpha value is -1.43. The predicted molar refractivity (Wildman–Crippen MR) is 81.0 cm³/mol. The number of nitrogens with zero attached hydrogens (tertiary/aromatic N) is 1. The van der Waals surface area contributed by atoms with Gasteiger partial charge in [-0.1, -0.05) is 13.0 Å². The van der Waals surface area contributed by atoms with Gasteiger partial charge in [-0.25, -0.2) is 9.18 Å². The third-order valence-electron chi connectivity index (χ3n) is 3.14. The highest BCUT2D eigenvalue weighted by Crippen LogP contribution is 2.15. The van der Waals surface area contributed by atoms with Gasteiger partial charge in [-0.3, -0.25) is 4.21 Å². The first-order valence-corrected chi connectivity index (χ1v) is 8.20. The van der Waals surface area contributed by atoms with Crippen molar-refractivity contribution in [1.82, 2.24) is 4.90 Å². The Bertz CT molecular complexity index is 508. The summed E-state index contributed by atoms with van der Waals surface area (Å²) in [6.07, 6.45) is 2.21. The van der Waals surface area contributed by atoms with Crippen LogP contribution in [0.2, 0.25) is 0 Å². The first kappa shape index (κ1) is 16.6. The lowest BCUT2D eigenvalue weighted by atomic mass is 10.1. The number of halogens is 1. The van der Waals surface area contributed by atoms with Gasteiger partial charge in [0.1, 0.15) is 5.82 Å². The van der Waals surface area contributed by atoms with Crippen molar-refractivity contribution in [3.8, 4) is 0 Å². The predicted octanol–water partition coefficient (Wildman–Crippen LogP) is 2.62. The van der Waals surface area contributed by atoms with Gasteiger partial charge in [-0.05, 0) is 31.0 Å². The van der Waals surface area contributed by atoms with Gasteiger partial charge in [-0.2, -0.15) is 0 Å². The fourth-order valence-electron chi connectivity index (χ4n) is 1.78. The molecule has 1 rings (SSSR count). The molecule has 2 amide bonds. The number of urea groups is 1. The van der Waals surface area contributed by atoms with Crippen LogP contribution in [0.5, 0.6) is 0 Å². The standard InChI is InChI=1S/C14H21FN2O2S/c1-5-11-6-7-12(8-13(11)15)16-14(18)17(3)10(2)9-20(4)19/h6-8,10H,5,9H2,1-4H3,(H,16,18)/t10-,20-/m0/s1. The zero-order chi connectivity index (χ0) is 15.3. The number of hydrogen-bond acceptors (Lipinski definition) is 2. The normalized spacial score (nSPS) is 13.7. The quantitative estimate of drug-likeness (QED) is 0.908. The van der Waals surface area contributed by atoms with Gasteiger partial charge in [0.15, 0.2) is 0 Å². The number of anilines is 1. The Morgan fingerprint density at radius 3 is 2.65 bits per heavy atom. The van der Waals surface area contributed by atoms with Crippen molar-refractivity contribution in [2.24, 2.45) is 0 Å². The van der Waals surface area contributed by atoms with Gasteiger partial charge in [0, 0.05) is 41.6 Å². The highest BCUT2D eigenvalue weighted by molar-refractivity contribution is 7.84. The van der Waals surface area contributed by atoms with Gasteiger partial charge < -0.3 is 10.2 Å². The molecule has 0 spiro atoms. The maximum Gasteiger partial charge on any atom is 0.321 e. The summed E-state index contributed by atoms with van der Waals surface area (Å²) in [5.74, 6) is 0.0863. The van der Waals surface area contributed by atoms with E-state index in [9.17, 15) is 13.4 Å². The maximum atomic E-state index is 13.6. The molecule has 0 saturated heterocycles. The summed E-state index contributed by atoms with van der Waals surface area (Å²) in [7, 11) is 0.660. The van der Waals surface area contributed by atoms with Gasteiger partial charge in [0.2, 0.25) is 0 Å². The minimum atomic E-state index is -0.969. The summed E-state index contributed by atoms with van der Waals surface area (Å²) in [6.45, 7) is 3.69. The number of rotatable bonds is 5. The van der Waals surface area contributed by atoms with Crippen LogP contribution >= 0.6 is 0 Å². The zero-order valence-corrected chi connectivity index (χ0v) is 13.1. The highest BCUT2D eigenvalue weighted by Gasteiger charge is 2.17. The number of carbonyl (C=O) groups is 1. The van der Waals surface area contributed by atoms with Crippen molar-refractivity contribution in [3.05, 3.63) is 29.6 Å². The van der Waals surface area contributed by atoms with E-state index in [4.69, 9.17) is 0 Å². The summed E-state index contributed by atoms with van der Waals surface area (Å²) in [4.78, 5) is 13.5. The van der Waals surface area contributed by atoms with Crippen LogP contribution in [0.1, 0.15) is 19.4 Å². The smallest absolute Gasteiger partial charge is 0.321 e. The Kier molecular flexibility index (Phi) is 6.13. The molecule has 20 heavy (non-hydrogen) atoms. The second-order valence-corrected chi connectivity index (χ2v) is 6.27. The molecule has 0 heterocycles. The Labute approximate surface area is 121 Å². The molecule has 0 aliphatic rings. The molecule has 0 aromatic heterocycles. The zero-order valence-electron chi connectivity index (χ0n) is 12.3. The summed E-state index contributed by atoms with van der Waals surface area (Å²) in [6, 6.07) is 4.16. The Balaban J connectivity index is 2.70. The summed E-state index contributed by atoms with van der Waals surface area (Å²) >= 11 is 0. The van der Waals surface area contributed by atoms with Gasteiger partial charge in [0.25, 0.3) is 0 Å². The SMILES string of the molecule is CCc1ccc(NC(=O)N(C)[C@@H](C)C[S@](C)=O)cc1F. The third kappa shape index (κ3) is 4.59. The molecule has 0 unspecified atom stereocenters. The summed E-state index contributed by atoms with van der Waals surface area (Å²) < 4.78 is 24.8. The summed E-state index contributed by atoms with van der Waals surface area (Å²) in [5, 5.41) is 2.64. The lowest BCUT2D eigenvalue weighted by Crippen LogP contribution is -2.40. The molecule has 0 fully saturated rings. The number of amides is 2. The van der Waals surface area contributed by atoms with Crippen molar-refractivity contribution in [2.45, 2.75) is 26.3 Å². The first-order valence-electron chi connectivity index (χ1n) is 6.47. The summed E-state index contributed by atoms with van der Waals surface area (Å²) in [5.41, 5.74) is 1.03. The van der Waals surface area contributed by atoms with Crippen molar-refractivity contribution in [2.75, 3.05) is 24.4 Å². The average Bonchev–Trinajstić information content (AvgIpc) is 2.37. The Morgan fingerprint density at radius 1 is 1.50 bits per heavy atom. The van der Waals surface area contributed by atoms with Crippen LogP contribution in [0.15, 0.2) is 18.2 Å². The molecule has 2 atom stereocenters. The maximum absolute atomic E-state index is 13.6. The van der Waals surface area contributed by atoms with Crippen LogP contribution in [0.25, 0.3) is 0 Å². The number of benzene rings is 1. The molecule has 0 aliphatic carbocycles. The first-order chi connectivity index (χ1) is 9.35. The fourth-order valence-corrected chi connectivity index (χ4v) is 2.68. The second kappa shape index (κ2) is 7.38. The Morgan fingerprint density at radius 2 is 2.15 bits per heavy atom. The number of carbonyl (C=O) groups excluding carboxylic acids is 1. The monoisotopic (exact) mass is 300 g/mol. The molecule has 6 heteroatoms. The molecule has 4 nitrogen and oxygen atoms in total. The van der Waals surface area contributed by atoms with Crippen LogP contribution < -0.4 is 5.32 Å². The van der Waals surface area contributed by atoms with Crippen molar-refractivity contribution >= 4 is 22.5 Å². The molecule has 112 valence electrons. The van der Waals surface area contributed by atoms with Crippen molar-refractivity contribution in [1.29, 1.82) is 0 Å². The van der Waals surface area contributed by atoms with E-state index in [0.717, 1.165) is 0 Å². The van der Waals surface area contributed by atoms with Crippen LogP contribution in [-0.4, -0.2) is 40.2 Å². The number of hydrogen-bond donors (Lipinski definition) is 1. The van der Waals surface area contributed by atoms with E-state index in [2.05, 4.69) is 5.32 Å².